The van der Waals surface area contributed by atoms with Gasteiger partial charge in [-0.15, -0.1) is 0 Å². The van der Waals surface area contributed by atoms with Crippen molar-refractivity contribution in [1.29, 1.82) is 0 Å². The number of amides is 1. The number of aryl methyl sites for hydroxylation is 1. The lowest BCUT2D eigenvalue weighted by molar-refractivity contribution is -0.164. The molecule has 3 rings (SSSR count). The molecular formula is C19H21NO3. The molecule has 2 atom stereocenters. The first kappa shape index (κ1) is 15.7. The van der Waals surface area contributed by atoms with Crippen LogP contribution in [0.1, 0.15) is 22.8 Å². The third-order valence-electron chi connectivity index (χ3n) is 4.14. The number of nitrogens with zero attached hydrogens (tertiary/aromatic N) is 1. The van der Waals surface area contributed by atoms with Crippen molar-refractivity contribution in [2.24, 2.45) is 0 Å². The predicted molar refractivity (Wildman–Crippen MR) is 87.7 cm³/mol. The van der Waals surface area contributed by atoms with Crippen LogP contribution in [0.2, 0.25) is 0 Å². The van der Waals surface area contributed by atoms with Crippen molar-refractivity contribution in [3.8, 4) is 0 Å². The highest BCUT2D eigenvalue weighted by atomic mass is 16.5. The zero-order valence-electron chi connectivity index (χ0n) is 13.2. The molecule has 120 valence electrons. The van der Waals surface area contributed by atoms with E-state index in [1.54, 1.807) is 4.90 Å². The van der Waals surface area contributed by atoms with Crippen LogP contribution >= 0.6 is 0 Å². The van der Waals surface area contributed by atoms with Crippen LogP contribution in [0.25, 0.3) is 0 Å². The van der Waals surface area contributed by atoms with Gasteiger partial charge >= 0.3 is 0 Å². The van der Waals surface area contributed by atoms with Gasteiger partial charge in [0.05, 0.1) is 6.61 Å². The van der Waals surface area contributed by atoms with Crippen molar-refractivity contribution < 1.29 is 14.6 Å². The highest BCUT2D eigenvalue weighted by Crippen LogP contribution is 2.24. The number of aliphatic hydroxyl groups is 1. The second-order valence-corrected chi connectivity index (χ2v) is 5.89. The van der Waals surface area contributed by atoms with Crippen LogP contribution in [-0.4, -0.2) is 35.2 Å². The molecule has 2 aromatic carbocycles. The minimum Gasteiger partial charge on any atom is -0.385 e. The van der Waals surface area contributed by atoms with Crippen molar-refractivity contribution in [3.05, 3.63) is 71.3 Å². The first-order valence-electron chi connectivity index (χ1n) is 7.84. The van der Waals surface area contributed by atoms with Gasteiger partial charge in [0.2, 0.25) is 0 Å². The van der Waals surface area contributed by atoms with Crippen molar-refractivity contribution >= 4 is 5.91 Å². The van der Waals surface area contributed by atoms with E-state index in [9.17, 15) is 9.90 Å². The summed E-state index contributed by atoms with van der Waals surface area (Å²) in [6.07, 6.45) is -1.78. The molecule has 2 aromatic rings. The Morgan fingerprint density at radius 1 is 1.17 bits per heavy atom. The van der Waals surface area contributed by atoms with Gasteiger partial charge in [0.25, 0.3) is 5.91 Å². The monoisotopic (exact) mass is 311 g/mol. The SMILES string of the molecule is Cc1ccc([C@@H](O)[C@@H]2OCCN(Cc3ccccc3)C2=O)cc1. The van der Waals surface area contributed by atoms with Gasteiger partial charge in [-0.1, -0.05) is 60.2 Å². The molecule has 1 aliphatic rings. The predicted octanol–water partition coefficient (Wildman–Crippen LogP) is 2.46. The molecule has 0 aliphatic carbocycles. The van der Waals surface area contributed by atoms with E-state index in [4.69, 9.17) is 4.74 Å². The summed E-state index contributed by atoms with van der Waals surface area (Å²) < 4.78 is 5.56. The summed E-state index contributed by atoms with van der Waals surface area (Å²) in [5.41, 5.74) is 2.89. The summed E-state index contributed by atoms with van der Waals surface area (Å²) in [5, 5.41) is 10.5. The maximum Gasteiger partial charge on any atom is 0.255 e. The van der Waals surface area contributed by atoms with E-state index in [0.717, 1.165) is 11.1 Å². The molecule has 23 heavy (non-hydrogen) atoms. The lowest BCUT2D eigenvalue weighted by atomic mass is 10.0. The van der Waals surface area contributed by atoms with Crippen molar-refractivity contribution in [1.82, 2.24) is 4.90 Å². The van der Waals surface area contributed by atoms with E-state index in [1.165, 1.54) is 0 Å². The summed E-state index contributed by atoms with van der Waals surface area (Å²) in [7, 11) is 0. The summed E-state index contributed by atoms with van der Waals surface area (Å²) in [4.78, 5) is 14.4. The Morgan fingerprint density at radius 2 is 1.87 bits per heavy atom. The van der Waals surface area contributed by atoms with Gasteiger partial charge in [-0.25, -0.2) is 0 Å². The number of morpholine rings is 1. The van der Waals surface area contributed by atoms with E-state index >= 15 is 0 Å². The first-order chi connectivity index (χ1) is 11.1. The largest absolute Gasteiger partial charge is 0.385 e. The van der Waals surface area contributed by atoms with Gasteiger partial charge in [-0.3, -0.25) is 4.79 Å². The van der Waals surface area contributed by atoms with E-state index in [1.807, 2.05) is 61.5 Å². The minimum atomic E-state index is -0.943. The molecule has 1 N–H and O–H groups in total. The number of aliphatic hydroxyl groups excluding tert-OH is 1. The highest BCUT2D eigenvalue weighted by Gasteiger charge is 2.35. The summed E-state index contributed by atoms with van der Waals surface area (Å²) in [6.45, 7) is 3.51. The molecular weight excluding hydrogens is 290 g/mol. The number of ether oxygens (including phenoxy) is 1. The molecule has 0 bridgehead atoms. The van der Waals surface area contributed by atoms with Gasteiger partial charge in [-0.05, 0) is 18.1 Å². The molecule has 1 heterocycles. The van der Waals surface area contributed by atoms with Crippen LogP contribution in [0.5, 0.6) is 0 Å². The van der Waals surface area contributed by atoms with Crippen molar-refractivity contribution in [3.63, 3.8) is 0 Å². The Morgan fingerprint density at radius 3 is 2.57 bits per heavy atom. The van der Waals surface area contributed by atoms with Gasteiger partial charge in [0.15, 0.2) is 6.10 Å². The third-order valence-corrected chi connectivity index (χ3v) is 4.14. The second-order valence-electron chi connectivity index (χ2n) is 5.89. The van der Waals surface area contributed by atoms with Gasteiger partial charge in [0.1, 0.15) is 6.10 Å². The molecule has 1 fully saturated rings. The minimum absolute atomic E-state index is 0.159. The Labute approximate surface area is 136 Å². The van der Waals surface area contributed by atoms with Crippen LogP contribution in [0.15, 0.2) is 54.6 Å². The highest BCUT2D eigenvalue weighted by molar-refractivity contribution is 5.82. The normalized spacial score (nSPS) is 19.7. The van der Waals surface area contributed by atoms with E-state index in [0.29, 0.717) is 25.3 Å². The van der Waals surface area contributed by atoms with E-state index < -0.39 is 12.2 Å². The summed E-state index contributed by atoms with van der Waals surface area (Å²) in [5.74, 6) is -0.159. The van der Waals surface area contributed by atoms with E-state index in [-0.39, 0.29) is 5.91 Å². The number of carbonyl (C=O) groups excluding carboxylic acids is 1. The lowest BCUT2D eigenvalue weighted by Gasteiger charge is -2.34. The molecule has 4 nitrogen and oxygen atoms in total. The maximum atomic E-state index is 12.7. The van der Waals surface area contributed by atoms with Crippen LogP contribution in [0.3, 0.4) is 0 Å². The summed E-state index contributed by atoms with van der Waals surface area (Å²) >= 11 is 0. The molecule has 1 aliphatic heterocycles. The Bertz CT molecular complexity index is 654. The fourth-order valence-electron chi connectivity index (χ4n) is 2.78. The zero-order chi connectivity index (χ0) is 16.2. The van der Waals surface area contributed by atoms with E-state index in [2.05, 4.69) is 0 Å². The smallest absolute Gasteiger partial charge is 0.255 e. The van der Waals surface area contributed by atoms with Crippen LogP contribution < -0.4 is 0 Å². The third kappa shape index (κ3) is 3.60. The lowest BCUT2D eigenvalue weighted by Crippen LogP contribution is -2.49. The zero-order valence-corrected chi connectivity index (χ0v) is 13.2. The standard InChI is InChI=1S/C19H21NO3/c1-14-7-9-16(10-8-14)17(21)18-19(22)20(11-12-23-18)13-15-5-3-2-4-6-15/h2-10,17-18,21H,11-13H2,1H3/t17-,18+/m1/s1. The number of benzene rings is 2. The molecule has 1 amide bonds. The van der Waals surface area contributed by atoms with Crippen LogP contribution in [-0.2, 0) is 16.1 Å². The van der Waals surface area contributed by atoms with Gasteiger partial charge < -0.3 is 14.7 Å². The van der Waals surface area contributed by atoms with Crippen LogP contribution in [0.4, 0.5) is 0 Å². The molecule has 1 saturated heterocycles. The molecule has 0 spiro atoms. The Kier molecular flexibility index (Phi) is 4.74. The maximum absolute atomic E-state index is 12.7. The van der Waals surface area contributed by atoms with Crippen molar-refractivity contribution in [2.75, 3.05) is 13.2 Å². The number of carbonyl (C=O) groups is 1. The van der Waals surface area contributed by atoms with Gasteiger partial charge in [-0.2, -0.15) is 0 Å². The number of hydrogen-bond acceptors (Lipinski definition) is 3. The van der Waals surface area contributed by atoms with Crippen molar-refractivity contribution in [2.45, 2.75) is 25.7 Å². The Hall–Kier alpha value is -2.17. The summed E-state index contributed by atoms with van der Waals surface area (Å²) in [6, 6.07) is 17.4. The average Bonchev–Trinajstić information content (AvgIpc) is 2.58. The molecule has 0 aromatic heterocycles. The molecule has 0 radical (unpaired) electrons. The number of hydrogen-bond donors (Lipinski definition) is 1. The topological polar surface area (TPSA) is 49.8 Å². The van der Waals surface area contributed by atoms with Gasteiger partial charge in [0, 0.05) is 13.1 Å². The molecule has 0 saturated carbocycles. The average molecular weight is 311 g/mol. The number of rotatable bonds is 4. The molecule has 0 unspecified atom stereocenters. The Balaban J connectivity index is 1.72. The molecule has 4 heteroatoms. The second kappa shape index (κ2) is 6.94. The fourth-order valence-corrected chi connectivity index (χ4v) is 2.78. The quantitative estimate of drug-likeness (QED) is 0.943. The van der Waals surface area contributed by atoms with Crippen LogP contribution in [0, 0.1) is 6.92 Å². The first-order valence-corrected chi connectivity index (χ1v) is 7.84. The fraction of sp³-hybridized carbons (Fsp3) is 0.316.